The van der Waals surface area contributed by atoms with Crippen molar-refractivity contribution >= 4 is 5.84 Å². The second kappa shape index (κ2) is 9.68. The van der Waals surface area contributed by atoms with E-state index in [1.807, 2.05) is 0 Å². The minimum Gasteiger partial charge on any atom is -0.372 e. The summed E-state index contributed by atoms with van der Waals surface area (Å²) < 4.78 is 0. The molecule has 0 spiro atoms. The highest BCUT2D eigenvalue weighted by Gasteiger charge is 2.03. The number of hydrogen-bond acceptors (Lipinski definition) is 2. The molecule has 1 N–H and O–H groups in total. The third-order valence-electron chi connectivity index (χ3n) is 3.26. The first-order chi connectivity index (χ1) is 7.93. The molecule has 1 heterocycles. The van der Waals surface area contributed by atoms with Crippen molar-refractivity contribution in [1.82, 2.24) is 5.32 Å². The molecule has 1 aliphatic heterocycles. The minimum atomic E-state index is 0.993. The lowest BCUT2D eigenvalue weighted by atomic mass is 10.1. The Bertz CT molecular complexity index is 187. The zero-order valence-electron chi connectivity index (χ0n) is 10.9. The van der Waals surface area contributed by atoms with Gasteiger partial charge < -0.3 is 5.32 Å². The molecule has 2 nitrogen and oxygen atoms in total. The molecule has 0 unspecified atom stereocenters. The Labute approximate surface area is 101 Å². The summed E-state index contributed by atoms with van der Waals surface area (Å²) >= 11 is 0. The lowest BCUT2D eigenvalue weighted by Gasteiger charge is -2.03. The monoisotopic (exact) mass is 224 g/mol. The van der Waals surface area contributed by atoms with Gasteiger partial charge in [0, 0.05) is 13.0 Å². The van der Waals surface area contributed by atoms with Gasteiger partial charge in [0.15, 0.2) is 0 Å². The molecule has 1 rings (SSSR count). The fourth-order valence-electron chi connectivity index (χ4n) is 2.22. The molecule has 0 radical (unpaired) electrons. The molecule has 1 aliphatic rings. The lowest BCUT2D eigenvalue weighted by molar-refractivity contribution is 0.568. The van der Waals surface area contributed by atoms with Gasteiger partial charge in [-0.2, -0.15) is 0 Å². The van der Waals surface area contributed by atoms with Crippen LogP contribution in [-0.4, -0.2) is 18.9 Å². The first-order valence-corrected chi connectivity index (χ1v) is 7.20. The molecule has 0 bridgehead atoms. The van der Waals surface area contributed by atoms with Crippen LogP contribution >= 0.6 is 0 Å². The summed E-state index contributed by atoms with van der Waals surface area (Å²) in [6.07, 6.45) is 13.8. The van der Waals surface area contributed by atoms with Gasteiger partial charge in [-0.1, -0.05) is 58.3 Å². The smallest absolute Gasteiger partial charge is 0.0964 e. The Hall–Kier alpha value is -0.530. The largest absolute Gasteiger partial charge is 0.372 e. The highest BCUT2D eigenvalue weighted by Crippen LogP contribution is 2.10. The van der Waals surface area contributed by atoms with Gasteiger partial charge in [0.2, 0.25) is 0 Å². The number of nitrogens with zero attached hydrogens (tertiary/aromatic N) is 1. The summed E-state index contributed by atoms with van der Waals surface area (Å²) in [7, 11) is 0. The zero-order valence-corrected chi connectivity index (χ0v) is 10.9. The van der Waals surface area contributed by atoms with Crippen LogP contribution in [0.5, 0.6) is 0 Å². The number of rotatable bonds is 10. The van der Waals surface area contributed by atoms with E-state index < -0.39 is 0 Å². The van der Waals surface area contributed by atoms with Gasteiger partial charge in [0.25, 0.3) is 0 Å². The van der Waals surface area contributed by atoms with Gasteiger partial charge in [0.05, 0.1) is 12.4 Å². The predicted molar refractivity (Wildman–Crippen MR) is 72.1 cm³/mol. The van der Waals surface area contributed by atoms with Crippen LogP contribution in [0.3, 0.4) is 0 Å². The van der Waals surface area contributed by atoms with Crippen molar-refractivity contribution in [3.05, 3.63) is 0 Å². The van der Waals surface area contributed by atoms with Gasteiger partial charge >= 0.3 is 0 Å². The van der Waals surface area contributed by atoms with E-state index in [0.29, 0.717) is 0 Å². The Morgan fingerprint density at radius 1 is 0.938 bits per heavy atom. The first kappa shape index (κ1) is 13.5. The normalized spacial score (nSPS) is 14.9. The number of unbranched alkanes of at least 4 members (excludes halogenated alkanes) is 8. The molecule has 0 saturated carbocycles. The molecule has 0 amide bonds. The van der Waals surface area contributed by atoms with Crippen LogP contribution < -0.4 is 5.32 Å². The number of aliphatic imine (C=N–C) groups is 1. The molecule has 16 heavy (non-hydrogen) atoms. The third kappa shape index (κ3) is 6.86. The fourth-order valence-corrected chi connectivity index (χ4v) is 2.22. The summed E-state index contributed by atoms with van der Waals surface area (Å²) in [6, 6.07) is 0. The maximum absolute atomic E-state index is 4.41. The summed E-state index contributed by atoms with van der Waals surface area (Å²) in [5, 5.41) is 3.33. The Kier molecular flexibility index (Phi) is 8.19. The van der Waals surface area contributed by atoms with Crippen molar-refractivity contribution in [2.24, 2.45) is 4.99 Å². The van der Waals surface area contributed by atoms with E-state index >= 15 is 0 Å². The maximum Gasteiger partial charge on any atom is 0.0964 e. The molecular formula is C14H28N2. The number of nitrogens with one attached hydrogen (secondary N) is 1. The van der Waals surface area contributed by atoms with Gasteiger partial charge in [-0.15, -0.1) is 0 Å². The van der Waals surface area contributed by atoms with Crippen LogP contribution in [0.2, 0.25) is 0 Å². The predicted octanol–water partition coefficient (Wildman–Crippen LogP) is 3.91. The Balaban J connectivity index is 1.74. The van der Waals surface area contributed by atoms with E-state index in [-0.39, 0.29) is 0 Å². The minimum absolute atomic E-state index is 0.993. The van der Waals surface area contributed by atoms with E-state index in [1.165, 1.54) is 70.0 Å². The highest BCUT2D eigenvalue weighted by atomic mass is 15.1. The van der Waals surface area contributed by atoms with E-state index in [0.717, 1.165) is 13.1 Å². The topological polar surface area (TPSA) is 24.4 Å². The first-order valence-electron chi connectivity index (χ1n) is 7.20. The average Bonchev–Trinajstić information content (AvgIpc) is 2.80. The van der Waals surface area contributed by atoms with Crippen molar-refractivity contribution in [3.8, 4) is 0 Å². The molecule has 94 valence electrons. The van der Waals surface area contributed by atoms with Gasteiger partial charge in [-0.25, -0.2) is 0 Å². The van der Waals surface area contributed by atoms with Crippen LogP contribution in [0, 0.1) is 0 Å². The average molecular weight is 224 g/mol. The van der Waals surface area contributed by atoms with Crippen LogP contribution in [0.25, 0.3) is 0 Å². The molecule has 0 saturated heterocycles. The van der Waals surface area contributed by atoms with E-state index in [2.05, 4.69) is 17.2 Å². The Morgan fingerprint density at radius 3 is 2.12 bits per heavy atom. The summed E-state index contributed by atoms with van der Waals surface area (Å²) in [4.78, 5) is 4.41. The van der Waals surface area contributed by atoms with E-state index in [1.54, 1.807) is 0 Å². The van der Waals surface area contributed by atoms with Crippen molar-refractivity contribution in [2.45, 2.75) is 71.1 Å². The van der Waals surface area contributed by atoms with Crippen LogP contribution in [0.15, 0.2) is 4.99 Å². The lowest BCUT2D eigenvalue weighted by Crippen LogP contribution is -2.17. The molecule has 0 fully saturated rings. The maximum atomic E-state index is 4.41. The summed E-state index contributed by atoms with van der Waals surface area (Å²) in [5.74, 6) is 1.25. The van der Waals surface area contributed by atoms with Crippen molar-refractivity contribution in [1.29, 1.82) is 0 Å². The summed E-state index contributed by atoms with van der Waals surface area (Å²) in [6.45, 7) is 4.33. The van der Waals surface area contributed by atoms with Crippen LogP contribution in [0.4, 0.5) is 0 Å². The van der Waals surface area contributed by atoms with Gasteiger partial charge in [-0.3, -0.25) is 4.99 Å². The molecule has 0 atom stereocenters. The summed E-state index contributed by atoms with van der Waals surface area (Å²) in [5.41, 5.74) is 0. The number of amidine groups is 1. The second-order valence-corrected chi connectivity index (χ2v) is 4.83. The van der Waals surface area contributed by atoms with Gasteiger partial charge in [-0.05, 0) is 6.42 Å². The van der Waals surface area contributed by atoms with E-state index in [4.69, 9.17) is 0 Å². The molecule has 2 heteroatoms. The number of hydrogen-bond donors (Lipinski definition) is 1. The van der Waals surface area contributed by atoms with Crippen molar-refractivity contribution in [2.75, 3.05) is 13.1 Å². The van der Waals surface area contributed by atoms with Crippen molar-refractivity contribution < 1.29 is 0 Å². The molecule has 0 aromatic rings. The van der Waals surface area contributed by atoms with Crippen LogP contribution in [-0.2, 0) is 0 Å². The van der Waals surface area contributed by atoms with E-state index in [9.17, 15) is 0 Å². The zero-order chi connectivity index (χ0) is 11.5. The van der Waals surface area contributed by atoms with Crippen molar-refractivity contribution in [3.63, 3.8) is 0 Å². The standard InChI is InChI=1S/C14H28N2/c1-2-3-4-5-6-7-8-9-10-11-14-15-12-13-16-14/h2-13H2,1H3,(H,15,16). The third-order valence-corrected chi connectivity index (χ3v) is 3.26. The second-order valence-electron chi connectivity index (χ2n) is 4.83. The van der Waals surface area contributed by atoms with Gasteiger partial charge in [0.1, 0.15) is 0 Å². The fraction of sp³-hybridized carbons (Fsp3) is 0.929. The SMILES string of the molecule is CCCCCCCCCCCC1=NCCN1. The van der Waals surface area contributed by atoms with Crippen LogP contribution in [0.1, 0.15) is 71.1 Å². The highest BCUT2D eigenvalue weighted by molar-refractivity contribution is 5.83. The quantitative estimate of drug-likeness (QED) is 0.559. The Morgan fingerprint density at radius 2 is 1.56 bits per heavy atom. The molecule has 0 aromatic heterocycles. The molecular weight excluding hydrogens is 196 g/mol. The molecule has 0 aromatic carbocycles. The molecule has 0 aliphatic carbocycles.